The number of nitrogens with zero attached hydrogens (tertiary/aromatic N) is 1. The van der Waals surface area contributed by atoms with Crippen LogP contribution in [0.1, 0.15) is 32.8 Å². The molecule has 0 saturated carbocycles. The lowest BCUT2D eigenvalue weighted by atomic mass is 10.0. The summed E-state index contributed by atoms with van der Waals surface area (Å²) in [6.45, 7) is 7.41. The summed E-state index contributed by atoms with van der Waals surface area (Å²) in [5.41, 5.74) is 0.596. The first-order chi connectivity index (χ1) is 11.2. The van der Waals surface area contributed by atoms with Gasteiger partial charge in [0.1, 0.15) is 5.60 Å². The number of alkyl carbamates (subject to hydrolysis) is 1. The highest BCUT2D eigenvalue weighted by Crippen LogP contribution is 2.23. The number of hydrogen-bond donors (Lipinski definition) is 2. The molecule has 0 aliphatic carbocycles. The molecule has 1 aromatic carbocycles. The Morgan fingerprint density at radius 3 is 2.50 bits per heavy atom. The SMILES string of the molecule is CC(C)(C)OC(=O)N[C@H]1CN(Cc2ccccc2)C[C@@H]1CC(=O)O. The summed E-state index contributed by atoms with van der Waals surface area (Å²) in [5.74, 6) is -0.976. The van der Waals surface area contributed by atoms with Crippen LogP contribution in [0.3, 0.4) is 0 Å². The van der Waals surface area contributed by atoms with Gasteiger partial charge in [-0.1, -0.05) is 30.3 Å². The number of benzene rings is 1. The van der Waals surface area contributed by atoms with Crippen molar-refractivity contribution in [1.29, 1.82) is 0 Å². The Kier molecular flexibility index (Phi) is 5.83. The third kappa shape index (κ3) is 5.85. The van der Waals surface area contributed by atoms with Crippen LogP contribution in [-0.4, -0.2) is 46.8 Å². The summed E-state index contributed by atoms with van der Waals surface area (Å²) in [6, 6.07) is 9.79. The van der Waals surface area contributed by atoms with Crippen LogP contribution >= 0.6 is 0 Å². The Balaban J connectivity index is 1.98. The van der Waals surface area contributed by atoms with E-state index in [-0.39, 0.29) is 18.4 Å². The van der Waals surface area contributed by atoms with Gasteiger partial charge in [0, 0.05) is 31.6 Å². The third-order valence-corrected chi connectivity index (χ3v) is 3.90. The molecule has 6 nitrogen and oxygen atoms in total. The Bertz CT molecular complexity index is 568. The summed E-state index contributed by atoms with van der Waals surface area (Å²) in [6.07, 6.45) is -0.462. The third-order valence-electron chi connectivity index (χ3n) is 3.90. The molecule has 1 saturated heterocycles. The van der Waals surface area contributed by atoms with Crippen molar-refractivity contribution in [3.05, 3.63) is 35.9 Å². The smallest absolute Gasteiger partial charge is 0.407 e. The molecule has 2 rings (SSSR count). The van der Waals surface area contributed by atoms with Crippen LogP contribution in [0.2, 0.25) is 0 Å². The number of rotatable bonds is 5. The van der Waals surface area contributed by atoms with E-state index in [1.165, 1.54) is 5.56 Å². The summed E-state index contributed by atoms with van der Waals surface area (Å²) in [5, 5.41) is 12.0. The summed E-state index contributed by atoms with van der Waals surface area (Å²) >= 11 is 0. The van der Waals surface area contributed by atoms with E-state index < -0.39 is 17.7 Å². The van der Waals surface area contributed by atoms with Crippen molar-refractivity contribution in [2.45, 2.75) is 45.4 Å². The second-order valence-corrected chi connectivity index (χ2v) is 7.29. The second kappa shape index (κ2) is 7.66. The fourth-order valence-corrected chi connectivity index (χ4v) is 2.98. The van der Waals surface area contributed by atoms with Gasteiger partial charge in [-0.05, 0) is 26.3 Å². The Morgan fingerprint density at radius 2 is 1.92 bits per heavy atom. The number of ether oxygens (including phenoxy) is 1. The molecule has 0 aromatic heterocycles. The molecular weight excluding hydrogens is 308 g/mol. The number of carbonyl (C=O) groups is 2. The molecule has 6 heteroatoms. The highest BCUT2D eigenvalue weighted by molar-refractivity contribution is 5.69. The van der Waals surface area contributed by atoms with Gasteiger partial charge in [0.05, 0.1) is 6.42 Å². The fourth-order valence-electron chi connectivity index (χ4n) is 2.98. The van der Waals surface area contributed by atoms with Gasteiger partial charge in [-0.2, -0.15) is 0 Å². The highest BCUT2D eigenvalue weighted by atomic mass is 16.6. The lowest BCUT2D eigenvalue weighted by Crippen LogP contribution is -2.43. The molecule has 2 atom stereocenters. The lowest BCUT2D eigenvalue weighted by molar-refractivity contribution is -0.138. The van der Waals surface area contributed by atoms with E-state index in [1.54, 1.807) is 20.8 Å². The van der Waals surface area contributed by atoms with E-state index >= 15 is 0 Å². The molecule has 1 aliphatic rings. The molecule has 1 heterocycles. The van der Waals surface area contributed by atoms with Gasteiger partial charge in [-0.15, -0.1) is 0 Å². The summed E-state index contributed by atoms with van der Waals surface area (Å²) < 4.78 is 5.29. The number of likely N-dealkylation sites (tertiary alicyclic amines) is 1. The van der Waals surface area contributed by atoms with Crippen molar-refractivity contribution in [2.75, 3.05) is 13.1 Å². The molecule has 0 radical (unpaired) electrons. The first kappa shape index (κ1) is 18.3. The molecule has 2 N–H and O–H groups in total. The normalized spacial score (nSPS) is 21.5. The predicted octanol–water partition coefficient (Wildman–Crippen LogP) is 2.49. The number of carboxylic acid groups (broad SMARTS) is 1. The second-order valence-electron chi connectivity index (χ2n) is 7.29. The molecule has 1 aliphatic heterocycles. The number of carbonyl (C=O) groups excluding carboxylic acids is 1. The van der Waals surface area contributed by atoms with Crippen molar-refractivity contribution in [1.82, 2.24) is 10.2 Å². The Morgan fingerprint density at radius 1 is 1.25 bits per heavy atom. The van der Waals surface area contributed by atoms with E-state index in [2.05, 4.69) is 10.2 Å². The van der Waals surface area contributed by atoms with E-state index in [1.807, 2.05) is 30.3 Å². The van der Waals surface area contributed by atoms with Crippen LogP contribution in [0.4, 0.5) is 4.79 Å². The van der Waals surface area contributed by atoms with Crippen molar-refractivity contribution in [2.24, 2.45) is 5.92 Å². The monoisotopic (exact) mass is 334 g/mol. The van der Waals surface area contributed by atoms with E-state index in [0.717, 1.165) is 6.54 Å². The minimum Gasteiger partial charge on any atom is -0.481 e. The summed E-state index contributed by atoms with van der Waals surface area (Å²) in [4.78, 5) is 25.3. The van der Waals surface area contributed by atoms with Gasteiger partial charge < -0.3 is 15.2 Å². The maximum atomic E-state index is 12.0. The topological polar surface area (TPSA) is 78.9 Å². The van der Waals surface area contributed by atoms with Crippen LogP contribution < -0.4 is 5.32 Å². The van der Waals surface area contributed by atoms with Gasteiger partial charge in [-0.25, -0.2) is 4.79 Å². The van der Waals surface area contributed by atoms with E-state index in [9.17, 15) is 9.59 Å². The Labute approximate surface area is 142 Å². The number of nitrogens with one attached hydrogen (secondary N) is 1. The molecule has 1 aromatic rings. The summed E-state index contributed by atoms with van der Waals surface area (Å²) in [7, 11) is 0. The van der Waals surface area contributed by atoms with Crippen molar-refractivity contribution in [3.8, 4) is 0 Å². The average Bonchev–Trinajstić information content (AvgIpc) is 2.78. The zero-order valence-corrected chi connectivity index (χ0v) is 14.5. The van der Waals surface area contributed by atoms with Crippen molar-refractivity contribution < 1.29 is 19.4 Å². The average molecular weight is 334 g/mol. The maximum Gasteiger partial charge on any atom is 0.407 e. The molecule has 24 heavy (non-hydrogen) atoms. The zero-order valence-electron chi connectivity index (χ0n) is 14.5. The van der Waals surface area contributed by atoms with Crippen LogP contribution in [0.5, 0.6) is 0 Å². The van der Waals surface area contributed by atoms with Crippen LogP contribution in [0, 0.1) is 5.92 Å². The van der Waals surface area contributed by atoms with E-state index in [4.69, 9.17) is 9.84 Å². The minimum absolute atomic E-state index is 0.0335. The number of amides is 1. The van der Waals surface area contributed by atoms with Crippen LogP contribution in [0.25, 0.3) is 0 Å². The lowest BCUT2D eigenvalue weighted by Gasteiger charge is -2.23. The van der Waals surface area contributed by atoms with Gasteiger partial charge in [0.2, 0.25) is 0 Å². The standard InChI is InChI=1S/C18H26N2O4/c1-18(2,3)24-17(23)19-15-12-20(11-14(15)9-16(21)22)10-13-7-5-4-6-8-13/h4-8,14-15H,9-12H2,1-3H3,(H,19,23)(H,21,22)/t14-,15-/m0/s1. The van der Waals surface area contributed by atoms with Gasteiger partial charge in [0.15, 0.2) is 0 Å². The van der Waals surface area contributed by atoms with Gasteiger partial charge in [-0.3, -0.25) is 9.69 Å². The zero-order chi connectivity index (χ0) is 17.7. The molecule has 0 spiro atoms. The molecule has 0 bridgehead atoms. The Hall–Kier alpha value is -2.08. The molecule has 1 fully saturated rings. The van der Waals surface area contributed by atoms with Gasteiger partial charge in [0.25, 0.3) is 0 Å². The first-order valence-corrected chi connectivity index (χ1v) is 8.20. The number of carboxylic acids is 1. The largest absolute Gasteiger partial charge is 0.481 e. The predicted molar refractivity (Wildman–Crippen MR) is 90.6 cm³/mol. The molecule has 0 unspecified atom stereocenters. The number of hydrogen-bond acceptors (Lipinski definition) is 4. The van der Waals surface area contributed by atoms with Crippen molar-refractivity contribution >= 4 is 12.1 Å². The van der Waals surface area contributed by atoms with Crippen molar-refractivity contribution in [3.63, 3.8) is 0 Å². The first-order valence-electron chi connectivity index (χ1n) is 8.20. The quantitative estimate of drug-likeness (QED) is 0.865. The van der Waals surface area contributed by atoms with Gasteiger partial charge >= 0.3 is 12.1 Å². The maximum absolute atomic E-state index is 12.0. The minimum atomic E-state index is -0.849. The molecule has 132 valence electrons. The van der Waals surface area contributed by atoms with Crippen LogP contribution in [0.15, 0.2) is 30.3 Å². The molecule has 1 amide bonds. The highest BCUT2D eigenvalue weighted by Gasteiger charge is 2.35. The van der Waals surface area contributed by atoms with E-state index in [0.29, 0.717) is 13.1 Å². The number of aliphatic carboxylic acids is 1. The molecular formula is C18H26N2O4. The fraction of sp³-hybridized carbons (Fsp3) is 0.556. The van der Waals surface area contributed by atoms with Crippen LogP contribution in [-0.2, 0) is 16.1 Å².